The molecule has 1 aliphatic carbocycles. The number of rotatable bonds is 2. The highest BCUT2D eigenvalue weighted by atomic mass is 14.9. The third-order valence-electron chi connectivity index (χ3n) is 9.13. The second-order valence-corrected chi connectivity index (χ2v) is 11.5. The summed E-state index contributed by atoms with van der Waals surface area (Å²) in [7, 11) is 0. The van der Waals surface area contributed by atoms with Crippen LogP contribution in [0.25, 0.3) is 71.5 Å². The lowest BCUT2D eigenvalue weighted by atomic mass is 9.81. The Morgan fingerprint density at radius 2 is 1.10 bits per heavy atom. The lowest BCUT2D eigenvalue weighted by Crippen LogP contribution is -2.14. The van der Waals surface area contributed by atoms with Crippen LogP contribution in [-0.4, -0.2) is 14.4 Å². The van der Waals surface area contributed by atoms with Crippen LogP contribution in [0.4, 0.5) is 0 Å². The molecule has 0 aliphatic heterocycles. The largest absolute Gasteiger partial charge is 0.305 e. The lowest BCUT2D eigenvalue weighted by Gasteiger charge is -2.22. The third-order valence-corrected chi connectivity index (χ3v) is 9.13. The number of pyridine rings is 2. The predicted molar refractivity (Wildman–Crippen MR) is 165 cm³/mol. The predicted octanol–water partition coefficient (Wildman–Crippen LogP) is 9.27. The van der Waals surface area contributed by atoms with E-state index >= 15 is 0 Å². The van der Waals surface area contributed by atoms with Gasteiger partial charge in [-0.3, -0.25) is 9.97 Å². The van der Waals surface area contributed by atoms with Gasteiger partial charge in [0.25, 0.3) is 0 Å². The standard InChI is InChI=1S/C37H25N3/c1-37(2)32-6-4-3-5-26(32)27-12-11-24(19-33(27)37)22-7-9-23(10-8-22)25-17-30-28-13-15-38-20-34(28)40-35-21-39-16-14-29(35)31(18-25)36(30)40/h3-21H,1-2H3. The Kier molecular flexibility index (Phi) is 4.13. The van der Waals surface area contributed by atoms with Gasteiger partial charge >= 0.3 is 0 Å². The van der Waals surface area contributed by atoms with Gasteiger partial charge in [0.2, 0.25) is 0 Å². The summed E-state index contributed by atoms with van der Waals surface area (Å²) < 4.78 is 2.32. The van der Waals surface area contributed by atoms with Gasteiger partial charge < -0.3 is 4.40 Å². The Labute approximate surface area is 231 Å². The first-order valence-corrected chi connectivity index (χ1v) is 13.8. The Morgan fingerprint density at radius 3 is 1.77 bits per heavy atom. The molecule has 0 unspecified atom stereocenters. The summed E-state index contributed by atoms with van der Waals surface area (Å²) in [5, 5.41) is 4.96. The highest BCUT2D eigenvalue weighted by Gasteiger charge is 2.35. The number of hydrogen-bond donors (Lipinski definition) is 0. The van der Waals surface area contributed by atoms with Crippen molar-refractivity contribution in [3.63, 3.8) is 0 Å². The molecular formula is C37H25N3. The van der Waals surface area contributed by atoms with Gasteiger partial charge in [0.15, 0.2) is 0 Å². The van der Waals surface area contributed by atoms with Crippen molar-refractivity contribution in [2.45, 2.75) is 19.3 Å². The molecule has 0 spiro atoms. The van der Waals surface area contributed by atoms with Crippen molar-refractivity contribution in [2.75, 3.05) is 0 Å². The van der Waals surface area contributed by atoms with E-state index in [2.05, 4.69) is 119 Å². The Balaban J connectivity index is 1.18. The monoisotopic (exact) mass is 511 g/mol. The topological polar surface area (TPSA) is 30.2 Å². The fourth-order valence-corrected chi connectivity index (χ4v) is 7.15. The molecule has 0 saturated carbocycles. The van der Waals surface area contributed by atoms with Crippen molar-refractivity contribution in [3.8, 4) is 33.4 Å². The van der Waals surface area contributed by atoms with Gasteiger partial charge in [0, 0.05) is 39.4 Å². The Morgan fingerprint density at radius 1 is 0.525 bits per heavy atom. The Bertz CT molecular complexity index is 2200. The van der Waals surface area contributed by atoms with Gasteiger partial charge in [0.05, 0.1) is 28.9 Å². The van der Waals surface area contributed by atoms with Crippen LogP contribution in [-0.2, 0) is 5.41 Å². The minimum absolute atomic E-state index is 0.000467. The van der Waals surface area contributed by atoms with E-state index in [0.29, 0.717) is 0 Å². The fourth-order valence-electron chi connectivity index (χ4n) is 7.15. The zero-order valence-corrected chi connectivity index (χ0v) is 22.3. The van der Waals surface area contributed by atoms with Crippen LogP contribution in [0.15, 0.2) is 116 Å². The van der Waals surface area contributed by atoms with Crippen LogP contribution in [0.2, 0.25) is 0 Å². The van der Waals surface area contributed by atoms with Crippen molar-refractivity contribution >= 4 is 38.1 Å². The minimum atomic E-state index is 0.000467. The highest BCUT2D eigenvalue weighted by molar-refractivity contribution is 6.24. The summed E-state index contributed by atoms with van der Waals surface area (Å²) in [6, 6.07) is 33.8. The summed E-state index contributed by atoms with van der Waals surface area (Å²) in [4.78, 5) is 8.87. The van der Waals surface area contributed by atoms with E-state index in [-0.39, 0.29) is 5.41 Å². The molecule has 0 bridgehead atoms. The molecule has 0 amide bonds. The van der Waals surface area contributed by atoms with Gasteiger partial charge in [-0.25, -0.2) is 0 Å². The maximum Gasteiger partial charge on any atom is 0.0725 e. The summed E-state index contributed by atoms with van der Waals surface area (Å²) in [6.07, 6.45) is 7.70. The summed E-state index contributed by atoms with van der Waals surface area (Å²) in [5.41, 5.74) is 14.0. The van der Waals surface area contributed by atoms with Gasteiger partial charge in [-0.15, -0.1) is 0 Å². The van der Waals surface area contributed by atoms with E-state index in [1.807, 2.05) is 24.8 Å². The number of hydrogen-bond acceptors (Lipinski definition) is 2. The third kappa shape index (κ3) is 2.74. The van der Waals surface area contributed by atoms with Crippen LogP contribution in [0.1, 0.15) is 25.0 Å². The molecule has 1 aliphatic rings. The van der Waals surface area contributed by atoms with E-state index in [9.17, 15) is 0 Å². The van der Waals surface area contributed by atoms with Crippen LogP contribution < -0.4 is 0 Å². The summed E-state index contributed by atoms with van der Waals surface area (Å²) in [5.74, 6) is 0. The minimum Gasteiger partial charge on any atom is -0.305 e. The molecule has 0 N–H and O–H groups in total. The van der Waals surface area contributed by atoms with Crippen molar-refractivity contribution in [3.05, 3.63) is 127 Å². The first-order valence-electron chi connectivity index (χ1n) is 13.8. The van der Waals surface area contributed by atoms with E-state index in [1.54, 1.807) is 0 Å². The van der Waals surface area contributed by atoms with Crippen molar-refractivity contribution in [2.24, 2.45) is 0 Å². The molecule has 4 heterocycles. The Hall–Kier alpha value is -5.02. The van der Waals surface area contributed by atoms with E-state index in [4.69, 9.17) is 0 Å². The second kappa shape index (κ2) is 7.55. The molecule has 3 heteroatoms. The molecule has 3 nitrogen and oxygen atoms in total. The van der Waals surface area contributed by atoms with Crippen LogP contribution in [0.3, 0.4) is 0 Å². The molecule has 0 atom stereocenters. The lowest BCUT2D eigenvalue weighted by molar-refractivity contribution is 0.660. The van der Waals surface area contributed by atoms with E-state index in [1.165, 1.54) is 71.6 Å². The average molecular weight is 512 g/mol. The zero-order valence-electron chi connectivity index (χ0n) is 22.3. The number of fused-ring (bicyclic) bond motifs is 9. The molecule has 0 fully saturated rings. The van der Waals surface area contributed by atoms with Gasteiger partial charge in [-0.05, 0) is 74.8 Å². The molecule has 8 aromatic rings. The van der Waals surface area contributed by atoms with Crippen LogP contribution in [0, 0.1) is 0 Å². The SMILES string of the molecule is CC1(C)c2ccccc2-c2ccc(-c3ccc(-c4cc5c6ccncc6n6c7cnccc7c(c4)c56)cc3)cc21. The highest BCUT2D eigenvalue weighted by Crippen LogP contribution is 2.49. The maximum atomic E-state index is 4.43. The van der Waals surface area contributed by atoms with Gasteiger partial charge in [-0.2, -0.15) is 0 Å². The molecule has 188 valence electrons. The molecule has 4 aromatic heterocycles. The van der Waals surface area contributed by atoms with Crippen LogP contribution in [0.5, 0.6) is 0 Å². The smallest absolute Gasteiger partial charge is 0.0725 e. The summed E-state index contributed by atoms with van der Waals surface area (Å²) in [6.45, 7) is 4.68. The maximum absolute atomic E-state index is 4.43. The van der Waals surface area contributed by atoms with Crippen LogP contribution >= 0.6 is 0 Å². The molecular weight excluding hydrogens is 486 g/mol. The molecule has 9 rings (SSSR count). The number of nitrogens with zero attached hydrogens (tertiary/aromatic N) is 3. The van der Waals surface area contributed by atoms with E-state index in [0.717, 1.165) is 11.0 Å². The van der Waals surface area contributed by atoms with E-state index < -0.39 is 0 Å². The normalized spacial score (nSPS) is 13.9. The quantitative estimate of drug-likeness (QED) is 0.231. The van der Waals surface area contributed by atoms with Gasteiger partial charge in [0.1, 0.15) is 0 Å². The zero-order chi connectivity index (χ0) is 26.6. The second-order valence-electron chi connectivity index (χ2n) is 11.5. The van der Waals surface area contributed by atoms with Crippen molar-refractivity contribution in [1.29, 1.82) is 0 Å². The number of benzene rings is 4. The summed E-state index contributed by atoms with van der Waals surface area (Å²) >= 11 is 0. The fraction of sp³-hybridized carbons (Fsp3) is 0.0811. The molecule has 0 saturated heterocycles. The number of aromatic nitrogens is 3. The average Bonchev–Trinajstić information content (AvgIpc) is 3.60. The van der Waals surface area contributed by atoms with Crippen molar-refractivity contribution in [1.82, 2.24) is 14.4 Å². The molecule has 4 aromatic carbocycles. The first kappa shape index (κ1) is 21.9. The molecule has 0 radical (unpaired) electrons. The first-order chi connectivity index (χ1) is 19.6. The van der Waals surface area contributed by atoms with Crippen molar-refractivity contribution < 1.29 is 0 Å². The van der Waals surface area contributed by atoms with Gasteiger partial charge in [-0.1, -0.05) is 74.5 Å². The molecule has 40 heavy (non-hydrogen) atoms.